The van der Waals surface area contributed by atoms with Crippen LogP contribution in [-0.2, 0) is 6.42 Å². The van der Waals surface area contributed by atoms with E-state index in [-0.39, 0.29) is 17.2 Å². The highest BCUT2D eigenvalue weighted by Gasteiger charge is 2.11. The Balaban J connectivity index is 2.14. The van der Waals surface area contributed by atoms with Gasteiger partial charge in [0.05, 0.1) is 10.6 Å². The van der Waals surface area contributed by atoms with Crippen molar-refractivity contribution < 1.29 is 9.90 Å². The lowest BCUT2D eigenvalue weighted by Crippen LogP contribution is -2.12. The summed E-state index contributed by atoms with van der Waals surface area (Å²) in [6.45, 7) is 0. The van der Waals surface area contributed by atoms with E-state index >= 15 is 0 Å². The van der Waals surface area contributed by atoms with Crippen LogP contribution in [0.1, 0.15) is 22.3 Å². The van der Waals surface area contributed by atoms with E-state index in [2.05, 4.69) is 5.32 Å². The second-order valence-corrected chi connectivity index (χ2v) is 5.40. The number of amides is 1. The summed E-state index contributed by atoms with van der Waals surface area (Å²) in [6.07, 6.45) is 1.75. The van der Waals surface area contributed by atoms with Crippen molar-refractivity contribution in [3.63, 3.8) is 0 Å². The minimum atomic E-state index is -0.356. The number of phenolic OH excluding ortho intramolecular Hbond substituents is 1. The van der Waals surface area contributed by atoms with Gasteiger partial charge in [-0.3, -0.25) is 4.79 Å². The maximum absolute atomic E-state index is 12.2. The number of rotatable bonds is 5. The van der Waals surface area contributed by atoms with Crippen LogP contribution in [0.5, 0.6) is 5.75 Å². The van der Waals surface area contributed by atoms with Gasteiger partial charge < -0.3 is 10.4 Å². The first-order valence-corrected chi connectivity index (χ1v) is 7.46. The van der Waals surface area contributed by atoms with Gasteiger partial charge in [-0.15, -0.1) is 11.6 Å². The number of halogens is 2. The molecule has 0 spiro atoms. The van der Waals surface area contributed by atoms with Gasteiger partial charge in [-0.05, 0) is 48.7 Å². The third-order valence-electron chi connectivity index (χ3n) is 2.98. The first kappa shape index (κ1) is 15.7. The fourth-order valence-electron chi connectivity index (χ4n) is 1.96. The van der Waals surface area contributed by atoms with Crippen LogP contribution in [0, 0.1) is 0 Å². The van der Waals surface area contributed by atoms with Crippen molar-refractivity contribution in [1.29, 1.82) is 0 Å². The molecule has 2 N–H and O–H groups in total. The lowest BCUT2D eigenvalue weighted by Gasteiger charge is -2.09. The summed E-state index contributed by atoms with van der Waals surface area (Å²) >= 11 is 11.7. The normalized spacial score (nSPS) is 10.4. The van der Waals surface area contributed by atoms with Crippen molar-refractivity contribution in [3.8, 4) is 5.75 Å². The second-order valence-electron chi connectivity index (χ2n) is 4.61. The van der Waals surface area contributed by atoms with E-state index < -0.39 is 0 Å². The van der Waals surface area contributed by atoms with Crippen LogP contribution in [0.3, 0.4) is 0 Å². The van der Waals surface area contributed by atoms with Crippen molar-refractivity contribution in [2.24, 2.45) is 0 Å². The maximum Gasteiger partial charge on any atom is 0.257 e. The number of anilines is 1. The van der Waals surface area contributed by atoms with Crippen LogP contribution in [-0.4, -0.2) is 16.9 Å². The molecule has 0 fully saturated rings. The van der Waals surface area contributed by atoms with Crippen LogP contribution >= 0.6 is 23.2 Å². The van der Waals surface area contributed by atoms with Gasteiger partial charge in [0.1, 0.15) is 5.75 Å². The smallest absolute Gasteiger partial charge is 0.257 e. The summed E-state index contributed by atoms with van der Waals surface area (Å²) in [4.78, 5) is 12.2. The number of aromatic hydroxyl groups is 1. The summed E-state index contributed by atoms with van der Waals surface area (Å²) in [5.74, 6) is 0.251. The van der Waals surface area contributed by atoms with Gasteiger partial charge in [-0.25, -0.2) is 0 Å². The Bertz CT molecular complexity index is 644. The van der Waals surface area contributed by atoms with Gasteiger partial charge in [-0.2, -0.15) is 0 Å². The number of nitrogens with one attached hydrogen (secondary N) is 1. The third kappa shape index (κ3) is 4.38. The molecule has 0 atom stereocenters. The van der Waals surface area contributed by atoms with E-state index in [9.17, 15) is 9.90 Å². The van der Waals surface area contributed by atoms with Gasteiger partial charge in [-0.1, -0.05) is 23.7 Å². The van der Waals surface area contributed by atoms with E-state index in [4.69, 9.17) is 23.2 Å². The fourth-order valence-corrected chi connectivity index (χ4v) is 2.30. The van der Waals surface area contributed by atoms with E-state index in [1.165, 1.54) is 18.2 Å². The number of alkyl halides is 1. The molecule has 21 heavy (non-hydrogen) atoms. The second kappa shape index (κ2) is 7.34. The molecular weight excluding hydrogens is 309 g/mol. The summed E-state index contributed by atoms with van der Waals surface area (Å²) in [6, 6.07) is 11.8. The van der Waals surface area contributed by atoms with Gasteiger partial charge in [0.2, 0.25) is 0 Å². The molecule has 0 unspecified atom stereocenters. The average Bonchev–Trinajstić information content (AvgIpc) is 2.48. The number of phenols is 1. The van der Waals surface area contributed by atoms with Crippen LogP contribution in [0.2, 0.25) is 5.02 Å². The van der Waals surface area contributed by atoms with Gasteiger partial charge in [0.25, 0.3) is 5.91 Å². The number of carbonyl (C=O) groups excluding carboxylic acids is 1. The molecule has 0 saturated heterocycles. The van der Waals surface area contributed by atoms with Gasteiger partial charge in [0.15, 0.2) is 0 Å². The van der Waals surface area contributed by atoms with E-state index in [0.29, 0.717) is 16.6 Å². The Hall–Kier alpha value is -1.71. The van der Waals surface area contributed by atoms with Crippen molar-refractivity contribution >= 4 is 34.8 Å². The third-order valence-corrected chi connectivity index (χ3v) is 3.58. The van der Waals surface area contributed by atoms with E-state index in [0.717, 1.165) is 18.4 Å². The largest absolute Gasteiger partial charge is 0.508 e. The quantitative estimate of drug-likeness (QED) is 0.797. The van der Waals surface area contributed by atoms with E-state index in [1.807, 2.05) is 18.2 Å². The zero-order valence-corrected chi connectivity index (χ0v) is 12.8. The molecule has 0 aliphatic rings. The topological polar surface area (TPSA) is 49.3 Å². The summed E-state index contributed by atoms with van der Waals surface area (Å²) in [5.41, 5.74) is 2.03. The molecule has 0 radical (unpaired) electrons. The molecule has 1 amide bonds. The first-order valence-electron chi connectivity index (χ1n) is 6.55. The monoisotopic (exact) mass is 323 g/mol. The van der Waals surface area contributed by atoms with Crippen molar-refractivity contribution in [2.45, 2.75) is 12.8 Å². The SMILES string of the molecule is O=C(Nc1cccc(CCCCl)c1)c1cc(O)ccc1Cl. The average molecular weight is 324 g/mol. The van der Waals surface area contributed by atoms with Crippen molar-refractivity contribution in [1.82, 2.24) is 0 Å². The molecule has 0 saturated carbocycles. The number of benzene rings is 2. The summed E-state index contributed by atoms with van der Waals surface area (Å²) in [5, 5.41) is 12.5. The number of hydrogen-bond donors (Lipinski definition) is 2. The van der Waals surface area contributed by atoms with Crippen LogP contribution < -0.4 is 5.32 Å². The molecule has 2 aromatic carbocycles. The molecule has 5 heteroatoms. The molecule has 110 valence electrons. The predicted molar refractivity (Wildman–Crippen MR) is 86.6 cm³/mol. The lowest BCUT2D eigenvalue weighted by molar-refractivity contribution is 0.102. The van der Waals surface area contributed by atoms with Crippen LogP contribution in [0.25, 0.3) is 0 Å². The minimum absolute atomic E-state index is 0.000383. The Morgan fingerprint density at radius 2 is 2.00 bits per heavy atom. The van der Waals surface area contributed by atoms with Gasteiger partial charge in [0, 0.05) is 11.6 Å². The number of hydrogen-bond acceptors (Lipinski definition) is 2. The molecule has 0 bridgehead atoms. The minimum Gasteiger partial charge on any atom is -0.508 e. The highest BCUT2D eigenvalue weighted by molar-refractivity contribution is 6.34. The molecule has 2 rings (SSSR count). The number of carbonyl (C=O) groups is 1. The molecule has 0 heterocycles. The summed E-state index contributed by atoms with van der Waals surface area (Å²) < 4.78 is 0. The highest BCUT2D eigenvalue weighted by atomic mass is 35.5. The van der Waals surface area contributed by atoms with Gasteiger partial charge >= 0.3 is 0 Å². The van der Waals surface area contributed by atoms with Crippen LogP contribution in [0.4, 0.5) is 5.69 Å². The zero-order chi connectivity index (χ0) is 15.2. The maximum atomic E-state index is 12.2. The molecule has 3 nitrogen and oxygen atoms in total. The molecule has 0 aliphatic carbocycles. The Labute approximate surface area is 133 Å². The standard InChI is InChI=1S/C16H15Cl2NO2/c17-8-2-4-11-3-1-5-12(9-11)19-16(21)14-10-13(20)6-7-15(14)18/h1,3,5-7,9-10,20H,2,4,8H2,(H,19,21). The molecular formula is C16H15Cl2NO2. The Morgan fingerprint density at radius 1 is 1.19 bits per heavy atom. The molecule has 2 aromatic rings. The fraction of sp³-hybridized carbons (Fsp3) is 0.188. The molecule has 0 aliphatic heterocycles. The zero-order valence-electron chi connectivity index (χ0n) is 11.3. The predicted octanol–water partition coefficient (Wildman–Crippen LogP) is 4.47. The lowest BCUT2D eigenvalue weighted by atomic mass is 10.1. The van der Waals surface area contributed by atoms with Crippen molar-refractivity contribution in [2.75, 3.05) is 11.2 Å². The summed E-state index contributed by atoms with van der Waals surface area (Å²) in [7, 11) is 0. The Morgan fingerprint density at radius 3 is 2.76 bits per heavy atom. The van der Waals surface area contributed by atoms with Crippen molar-refractivity contribution in [3.05, 3.63) is 58.6 Å². The van der Waals surface area contributed by atoms with Crippen LogP contribution in [0.15, 0.2) is 42.5 Å². The Kier molecular flexibility index (Phi) is 5.48. The van der Waals surface area contributed by atoms with E-state index in [1.54, 1.807) is 6.07 Å². The highest BCUT2D eigenvalue weighted by Crippen LogP contribution is 2.22. The molecule has 0 aromatic heterocycles. The number of aryl methyl sites for hydroxylation is 1. The first-order chi connectivity index (χ1) is 10.1.